The Balaban J connectivity index is 0.00000280. The molecule has 2 aliphatic rings. The molecule has 0 saturated carbocycles. The van der Waals surface area contributed by atoms with Gasteiger partial charge in [-0.3, -0.25) is 4.79 Å². The maximum atomic E-state index is 13.0. The van der Waals surface area contributed by atoms with Crippen LogP contribution in [0.5, 0.6) is 0 Å². The summed E-state index contributed by atoms with van der Waals surface area (Å²) in [5.41, 5.74) is 7.96. The molecule has 3 rings (SSSR count). The molecule has 1 aromatic rings. The van der Waals surface area contributed by atoms with Crippen molar-refractivity contribution in [1.82, 2.24) is 9.80 Å². The molecule has 0 aromatic heterocycles. The molecule has 2 fully saturated rings. The lowest BCUT2D eigenvalue weighted by molar-refractivity contribution is -0.138. The van der Waals surface area contributed by atoms with Crippen LogP contribution in [0.4, 0.5) is 10.5 Å². The fourth-order valence-electron chi connectivity index (χ4n) is 4.19. The summed E-state index contributed by atoms with van der Waals surface area (Å²) in [7, 11) is 0. The van der Waals surface area contributed by atoms with Crippen LogP contribution in [0.3, 0.4) is 0 Å². The Morgan fingerprint density at radius 3 is 2.57 bits per heavy atom. The van der Waals surface area contributed by atoms with Gasteiger partial charge in [-0.2, -0.15) is 0 Å². The van der Waals surface area contributed by atoms with E-state index in [1.165, 1.54) is 0 Å². The third-order valence-electron chi connectivity index (χ3n) is 5.84. The summed E-state index contributed by atoms with van der Waals surface area (Å²) in [5, 5.41) is 2.96. The van der Waals surface area contributed by atoms with Gasteiger partial charge in [0.05, 0.1) is 5.92 Å². The number of anilines is 1. The predicted molar refractivity (Wildman–Crippen MR) is 115 cm³/mol. The lowest BCUT2D eigenvalue weighted by Gasteiger charge is -2.39. The Hall–Kier alpha value is -1.79. The Morgan fingerprint density at radius 2 is 1.86 bits per heavy atom. The number of rotatable bonds is 3. The summed E-state index contributed by atoms with van der Waals surface area (Å²) in [6, 6.07) is 7.76. The van der Waals surface area contributed by atoms with Crippen LogP contribution >= 0.6 is 12.4 Å². The highest BCUT2D eigenvalue weighted by Crippen LogP contribution is 2.24. The fourth-order valence-corrected chi connectivity index (χ4v) is 4.19. The zero-order valence-electron chi connectivity index (χ0n) is 16.9. The maximum absolute atomic E-state index is 13.0. The van der Waals surface area contributed by atoms with Gasteiger partial charge >= 0.3 is 6.03 Å². The van der Waals surface area contributed by atoms with Crippen molar-refractivity contribution in [1.29, 1.82) is 0 Å². The van der Waals surface area contributed by atoms with Gasteiger partial charge in [0.25, 0.3) is 0 Å². The SMILES string of the molecule is Cc1cccc(NC(=O)N2CCCC(C(=O)N3CCCC(C(C)N)C3)C2)c1.Cl. The van der Waals surface area contributed by atoms with Crippen LogP contribution in [0.25, 0.3) is 0 Å². The van der Waals surface area contributed by atoms with E-state index in [9.17, 15) is 9.59 Å². The van der Waals surface area contributed by atoms with Gasteiger partial charge in [-0.25, -0.2) is 4.79 Å². The average molecular weight is 409 g/mol. The van der Waals surface area contributed by atoms with Gasteiger partial charge in [0.2, 0.25) is 5.91 Å². The van der Waals surface area contributed by atoms with Gasteiger partial charge < -0.3 is 20.9 Å². The van der Waals surface area contributed by atoms with E-state index in [4.69, 9.17) is 5.73 Å². The van der Waals surface area contributed by atoms with Crippen molar-refractivity contribution in [3.8, 4) is 0 Å². The first kappa shape index (κ1) is 22.5. The molecule has 6 nitrogen and oxygen atoms in total. The first-order valence-electron chi connectivity index (χ1n) is 10.1. The zero-order chi connectivity index (χ0) is 19.4. The van der Waals surface area contributed by atoms with Gasteiger partial charge in [-0.05, 0) is 63.1 Å². The summed E-state index contributed by atoms with van der Waals surface area (Å²) in [4.78, 5) is 29.4. The molecular formula is C21H33ClN4O2. The Bertz CT molecular complexity index is 682. The Labute approximate surface area is 174 Å². The van der Waals surface area contributed by atoms with Crippen molar-refractivity contribution in [3.63, 3.8) is 0 Å². The number of likely N-dealkylation sites (tertiary alicyclic amines) is 2. The third-order valence-corrected chi connectivity index (χ3v) is 5.84. The van der Waals surface area contributed by atoms with Crippen molar-refractivity contribution in [2.24, 2.45) is 17.6 Å². The molecular weight excluding hydrogens is 376 g/mol. The quantitative estimate of drug-likeness (QED) is 0.805. The number of nitrogens with zero attached hydrogens (tertiary/aromatic N) is 2. The molecule has 1 aromatic carbocycles. The van der Waals surface area contributed by atoms with Gasteiger partial charge in [-0.1, -0.05) is 12.1 Å². The van der Waals surface area contributed by atoms with E-state index in [0.29, 0.717) is 19.0 Å². The predicted octanol–water partition coefficient (Wildman–Crippen LogP) is 3.25. The molecule has 3 N–H and O–H groups in total. The molecule has 7 heteroatoms. The number of piperidine rings is 2. The van der Waals surface area contributed by atoms with E-state index in [2.05, 4.69) is 5.32 Å². The Kier molecular flexibility index (Phi) is 8.13. The monoisotopic (exact) mass is 408 g/mol. The average Bonchev–Trinajstić information content (AvgIpc) is 2.67. The molecule has 0 aliphatic carbocycles. The Morgan fingerprint density at radius 1 is 1.14 bits per heavy atom. The molecule has 28 heavy (non-hydrogen) atoms. The summed E-state index contributed by atoms with van der Waals surface area (Å²) >= 11 is 0. The molecule has 3 atom stereocenters. The van der Waals surface area contributed by atoms with E-state index < -0.39 is 0 Å². The number of benzene rings is 1. The molecule has 2 saturated heterocycles. The molecule has 0 radical (unpaired) electrons. The van der Waals surface area contributed by atoms with Crippen molar-refractivity contribution in [2.75, 3.05) is 31.5 Å². The number of aryl methyl sites for hydroxylation is 1. The molecule has 2 aliphatic heterocycles. The number of nitrogens with one attached hydrogen (secondary N) is 1. The first-order valence-corrected chi connectivity index (χ1v) is 10.1. The molecule has 0 spiro atoms. The van der Waals surface area contributed by atoms with Crippen molar-refractivity contribution >= 4 is 30.0 Å². The lowest BCUT2D eigenvalue weighted by atomic mass is 9.90. The van der Waals surface area contributed by atoms with Gasteiger partial charge in [0.1, 0.15) is 0 Å². The number of carbonyl (C=O) groups excluding carboxylic acids is 2. The highest BCUT2D eigenvalue weighted by atomic mass is 35.5. The maximum Gasteiger partial charge on any atom is 0.321 e. The van der Waals surface area contributed by atoms with E-state index in [0.717, 1.165) is 50.0 Å². The van der Waals surface area contributed by atoms with Crippen LogP contribution in [0, 0.1) is 18.8 Å². The van der Waals surface area contributed by atoms with Crippen LogP contribution in [-0.4, -0.2) is 54.0 Å². The molecule has 3 amide bonds. The van der Waals surface area contributed by atoms with E-state index in [1.54, 1.807) is 4.90 Å². The van der Waals surface area contributed by atoms with Crippen molar-refractivity contribution in [2.45, 2.75) is 45.6 Å². The number of carbonyl (C=O) groups is 2. The number of nitrogens with two attached hydrogens (primary N) is 1. The van der Waals surface area contributed by atoms with Crippen molar-refractivity contribution in [3.05, 3.63) is 29.8 Å². The topological polar surface area (TPSA) is 78.7 Å². The van der Waals surface area contributed by atoms with Crippen LogP contribution in [0.15, 0.2) is 24.3 Å². The number of hydrogen-bond acceptors (Lipinski definition) is 3. The highest BCUT2D eigenvalue weighted by molar-refractivity contribution is 5.90. The van der Waals surface area contributed by atoms with Crippen LogP contribution < -0.4 is 11.1 Å². The van der Waals surface area contributed by atoms with Gasteiger partial charge in [-0.15, -0.1) is 12.4 Å². The summed E-state index contributed by atoms with van der Waals surface area (Å²) in [5.74, 6) is 0.467. The summed E-state index contributed by atoms with van der Waals surface area (Å²) < 4.78 is 0. The van der Waals surface area contributed by atoms with Gasteiger partial charge in [0, 0.05) is 37.9 Å². The number of amides is 3. The van der Waals surface area contributed by atoms with Gasteiger partial charge in [0.15, 0.2) is 0 Å². The second-order valence-electron chi connectivity index (χ2n) is 8.13. The second-order valence-corrected chi connectivity index (χ2v) is 8.13. The minimum absolute atomic E-state index is 0. The van der Waals surface area contributed by atoms with E-state index in [1.807, 2.05) is 43.0 Å². The normalized spacial score (nSPS) is 23.5. The first-order chi connectivity index (χ1) is 12.9. The summed E-state index contributed by atoms with van der Waals surface area (Å²) in [6.07, 6.45) is 3.83. The van der Waals surface area contributed by atoms with E-state index in [-0.39, 0.29) is 36.3 Å². The molecule has 2 heterocycles. The highest BCUT2D eigenvalue weighted by Gasteiger charge is 2.34. The molecule has 156 valence electrons. The minimum atomic E-state index is -0.120. The fraction of sp³-hybridized carbons (Fsp3) is 0.619. The standard InChI is InChI=1S/C21H32N4O2.ClH/c1-15-6-3-9-19(12-15)23-21(27)25-11-5-8-18(14-25)20(26)24-10-4-7-17(13-24)16(2)22;/h3,6,9,12,16-18H,4-5,7-8,10-11,13-14,22H2,1-2H3,(H,23,27);1H. The van der Waals surface area contributed by atoms with Crippen LogP contribution in [-0.2, 0) is 4.79 Å². The molecule has 3 unspecified atom stereocenters. The van der Waals surface area contributed by atoms with Crippen molar-refractivity contribution < 1.29 is 9.59 Å². The summed E-state index contributed by atoms with van der Waals surface area (Å²) in [6.45, 7) is 6.78. The van der Waals surface area contributed by atoms with Crippen LogP contribution in [0.1, 0.15) is 38.2 Å². The smallest absolute Gasteiger partial charge is 0.321 e. The number of urea groups is 1. The third kappa shape index (κ3) is 5.61. The van der Waals surface area contributed by atoms with E-state index >= 15 is 0 Å². The zero-order valence-corrected chi connectivity index (χ0v) is 17.7. The molecule has 0 bridgehead atoms. The number of halogens is 1. The largest absolute Gasteiger partial charge is 0.342 e. The minimum Gasteiger partial charge on any atom is -0.342 e. The number of hydrogen-bond donors (Lipinski definition) is 2. The second kappa shape index (κ2) is 10.1. The van der Waals surface area contributed by atoms with Crippen LogP contribution in [0.2, 0.25) is 0 Å². The lowest BCUT2D eigenvalue weighted by Crippen LogP contribution is -2.51.